The van der Waals surface area contributed by atoms with Crippen molar-refractivity contribution in [3.05, 3.63) is 64.7 Å². The van der Waals surface area contributed by atoms with Gasteiger partial charge in [0.05, 0.1) is 4.90 Å². The van der Waals surface area contributed by atoms with Crippen LogP contribution in [0, 0.1) is 6.92 Å². The molecule has 1 aliphatic heterocycles. The standard InChI is InChI=1S/C20H25ClN2O2S/c1-15-9-10-19(11-20(15)21)26(24,25)22-12-16(2)23(17(3)13-22)14-18-7-5-4-6-8-18/h4-11,16-17H,12-14H2,1-3H3. The van der Waals surface area contributed by atoms with Crippen molar-refractivity contribution in [2.24, 2.45) is 0 Å². The van der Waals surface area contributed by atoms with E-state index in [4.69, 9.17) is 11.6 Å². The largest absolute Gasteiger partial charge is 0.291 e. The predicted molar refractivity (Wildman–Crippen MR) is 106 cm³/mol. The molecule has 1 saturated heterocycles. The van der Waals surface area contributed by atoms with E-state index in [2.05, 4.69) is 30.9 Å². The summed E-state index contributed by atoms with van der Waals surface area (Å²) in [5.41, 5.74) is 2.12. The zero-order valence-corrected chi connectivity index (χ0v) is 17.0. The lowest BCUT2D eigenvalue weighted by Gasteiger charge is -2.43. The molecule has 1 fully saturated rings. The van der Waals surface area contributed by atoms with Crippen LogP contribution in [0.3, 0.4) is 0 Å². The van der Waals surface area contributed by atoms with E-state index in [9.17, 15) is 8.42 Å². The second-order valence-corrected chi connectivity index (χ2v) is 9.43. The Hall–Kier alpha value is -1.40. The molecule has 26 heavy (non-hydrogen) atoms. The Balaban J connectivity index is 1.78. The number of hydrogen-bond acceptors (Lipinski definition) is 3. The zero-order chi connectivity index (χ0) is 18.9. The van der Waals surface area contributed by atoms with Crippen LogP contribution in [0.4, 0.5) is 0 Å². The molecule has 140 valence electrons. The number of sulfonamides is 1. The van der Waals surface area contributed by atoms with Gasteiger partial charge in [-0.05, 0) is 44.0 Å². The van der Waals surface area contributed by atoms with Crippen molar-refractivity contribution in [1.82, 2.24) is 9.21 Å². The summed E-state index contributed by atoms with van der Waals surface area (Å²) in [4.78, 5) is 2.63. The van der Waals surface area contributed by atoms with Gasteiger partial charge in [-0.1, -0.05) is 48.0 Å². The Morgan fingerprint density at radius 1 is 1.04 bits per heavy atom. The van der Waals surface area contributed by atoms with Crippen LogP contribution in [0.1, 0.15) is 25.0 Å². The van der Waals surface area contributed by atoms with Crippen LogP contribution in [-0.2, 0) is 16.6 Å². The SMILES string of the molecule is Cc1ccc(S(=O)(=O)N2CC(C)N(Cc3ccccc3)C(C)C2)cc1Cl. The molecule has 2 aromatic carbocycles. The lowest BCUT2D eigenvalue weighted by atomic mass is 10.1. The monoisotopic (exact) mass is 392 g/mol. The third-order valence-corrected chi connectivity index (χ3v) is 7.29. The maximum absolute atomic E-state index is 13.1. The Morgan fingerprint density at radius 2 is 1.65 bits per heavy atom. The van der Waals surface area contributed by atoms with Crippen molar-refractivity contribution < 1.29 is 8.42 Å². The first kappa shape index (κ1) is 19.4. The van der Waals surface area contributed by atoms with Crippen LogP contribution in [0.15, 0.2) is 53.4 Å². The lowest BCUT2D eigenvalue weighted by Crippen LogP contribution is -2.57. The first-order valence-electron chi connectivity index (χ1n) is 8.85. The van der Waals surface area contributed by atoms with Gasteiger partial charge in [0.2, 0.25) is 10.0 Å². The highest BCUT2D eigenvalue weighted by atomic mass is 35.5. The molecule has 0 aromatic heterocycles. The molecule has 1 heterocycles. The fourth-order valence-corrected chi connectivity index (χ4v) is 5.37. The van der Waals surface area contributed by atoms with Crippen LogP contribution in [-0.4, -0.2) is 42.8 Å². The number of hydrogen-bond donors (Lipinski definition) is 0. The highest BCUT2D eigenvalue weighted by Crippen LogP contribution is 2.27. The quantitative estimate of drug-likeness (QED) is 0.791. The summed E-state index contributed by atoms with van der Waals surface area (Å²) in [7, 11) is -3.54. The van der Waals surface area contributed by atoms with Crippen molar-refractivity contribution >= 4 is 21.6 Å². The summed E-state index contributed by atoms with van der Waals surface area (Å²) in [6.07, 6.45) is 0. The van der Waals surface area contributed by atoms with Crippen LogP contribution in [0.25, 0.3) is 0 Å². The normalized spacial score (nSPS) is 22.5. The average molecular weight is 393 g/mol. The molecule has 1 aliphatic rings. The third-order valence-electron chi connectivity index (χ3n) is 5.06. The number of aryl methyl sites for hydroxylation is 1. The molecule has 0 bridgehead atoms. The van der Waals surface area contributed by atoms with Crippen molar-refractivity contribution in [2.45, 2.75) is 44.3 Å². The van der Waals surface area contributed by atoms with Gasteiger partial charge in [0, 0.05) is 36.7 Å². The molecule has 2 aromatic rings. The first-order valence-corrected chi connectivity index (χ1v) is 10.7. The van der Waals surface area contributed by atoms with Crippen LogP contribution in [0.2, 0.25) is 5.02 Å². The first-order chi connectivity index (χ1) is 12.3. The third kappa shape index (κ3) is 3.96. The van der Waals surface area contributed by atoms with Gasteiger partial charge in [0.25, 0.3) is 0 Å². The number of nitrogens with zero attached hydrogens (tertiary/aromatic N) is 2. The van der Waals surface area contributed by atoms with Crippen molar-refractivity contribution in [3.63, 3.8) is 0 Å². The van der Waals surface area contributed by atoms with Gasteiger partial charge in [-0.2, -0.15) is 4.31 Å². The molecule has 0 amide bonds. The minimum Gasteiger partial charge on any atom is -0.291 e. The molecular formula is C20H25ClN2O2S. The van der Waals surface area contributed by atoms with Gasteiger partial charge in [0.15, 0.2) is 0 Å². The lowest BCUT2D eigenvalue weighted by molar-refractivity contribution is 0.0699. The van der Waals surface area contributed by atoms with E-state index in [1.165, 1.54) is 5.56 Å². The summed E-state index contributed by atoms with van der Waals surface area (Å²) in [5, 5.41) is 0.481. The van der Waals surface area contributed by atoms with Gasteiger partial charge in [-0.3, -0.25) is 4.90 Å². The van der Waals surface area contributed by atoms with Gasteiger partial charge >= 0.3 is 0 Å². The Morgan fingerprint density at radius 3 is 2.23 bits per heavy atom. The summed E-state index contributed by atoms with van der Waals surface area (Å²) >= 11 is 6.14. The van der Waals surface area contributed by atoms with Crippen molar-refractivity contribution in [1.29, 1.82) is 0 Å². The number of benzene rings is 2. The minimum atomic E-state index is -3.54. The molecular weight excluding hydrogens is 368 g/mol. The maximum Gasteiger partial charge on any atom is 0.243 e. The second kappa shape index (κ2) is 7.69. The molecule has 0 radical (unpaired) electrons. The molecule has 0 spiro atoms. The van der Waals surface area contributed by atoms with Crippen LogP contribution >= 0.6 is 11.6 Å². The topological polar surface area (TPSA) is 40.6 Å². The van der Waals surface area contributed by atoms with Gasteiger partial charge in [-0.15, -0.1) is 0 Å². The summed E-state index contributed by atoms with van der Waals surface area (Å²) in [6.45, 7) is 7.82. The summed E-state index contributed by atoms with van der Waals surface area (Å²) < 4.78 is 27.7. The fraction of sp³-hybridized carbons (Fsp3) is 0.400. The Kier molecular flexibility index (Phi) is 5.72. The molecule has 3 rings (SSSR count). The highest BCUT2D eigenvalue weighted by Gasteiger charge is 2.36. The molecule has 2 unspecified atom stereocenters. The molecule has 0 N–H and O–H groups in total. The van der Waals surface area contributed by atoms with E-state index in [1.807, 2.05) is 25.1 Å². The molecule has 6 heteroatoms. The van der Waals surface area contributed by atoms with E-state index in [0.29, 0.717) is 18.1 Å². The minimum absolute atomic E-state index is 0.134. The summed E-state index contributed by atoms with van der Waals surface area (Å²) in [5.74, 6) is 0. The van der Waals surface area contributed by atoms with Gasteiger partial charge in [-0.25, -0.2) is 8.42 Å². The zero-order valence-electron chi connectivity index (χ0n) is 15.4. The fourth-order valence-electron chi connectivity index (χ4n) is 3.49. The van der Waals surface area contributed by atoms with E-state index >= 15 is 0 Å². The molecule has 0 saturated carbocycles. The molecule has 2 atom stereocenters. The van der Waals surface area contributed by atoms with Gasteiger partial charge < -0.3 is 0 Å². The summed E-state index contributed by atoms with van der Waals surface area (Å²) in [6, 6.07) is 15.5. The van der Waals surface area contributed by atoms with Crippen LogP contribution in [0.5, 0.6) is 0 Å². The maximum atomic E-state index is 13.1. The van der Waals surface area contributed by atoms with Crippen molar-refractivity contribution in [2.75, 3.05) is 13.1 Å². The number of piperazine rings is 1. The number of rotatable bonds is 4. The average Bonchev–Trinajstić information content (AvgIpc) is 2.61. The van der Waals surface area contributed by atoms with Crippen LogP contribution < -0.4 is 0 Å². The van der Waals surface area contributed by atoms with E-state index < -0.39 is 10.0 Å². The molecule has 0 aliphatic carbocycles. The predicted octanol–water partition coefficient (Wildman–Crippen LogP) is 3.93. The Bertz CT molecular complexity index is 859. The molecule has 4 nitrogen and oxygen atoms in total. The second-order valence-electron chi connectivity index (χ2n) is 7.09. The van der Waals surface area contributed by atoms with Gasteiger partial charge in [0.1, 0.15) is 0 Å². The smallest absolute Gasteiger partial charge is 0.243 e. The van der Waals surface area contributed by atoms with E-state index in [0.717, 1.165) is 12.1 Å². The highest BCUT2D eigenvalue weighted by molar-refractivity contribution is 7.89. The van der Waals surface area contributed by atoms with Crippen molar-refractivity contribution in [3.8, 4) is 0 Å². The number of halogens is 1. The van der Waals surface area contributed by atoms with E-state index in [-0.39, 0.29) is 17.0 Å². The van der Waals surface area contributed by atoms with E-state index in [1.54, 1.807) is 22.5 Å². The Labute approximate surface area is 161 Å².